The van der Waals surface area contributed by atoms with Gasteiger partial charge in [-0.2, -0.15) is 0 Å². The lowest BCUT2D eigenvalue weighted by Crippen LogP contribution is -2.57. The maximum Gasteiger partial charge on any atom is 0.410 e. The van der Waals surface area contributed by atoms with Crippen LogP contribution in [0, 0.1) is 15.3 Å². The number of nitrogens with zero attached hydrogens (tertiary/aromatic N) is 4. The van der Waals surface area contributed by atoms with Gasteiger partial charge in [-0.05, 0) is 90.4 Å². The van der Waals surface area contributed by atoms with Crippen LogP contribution < -0.4 is 15.4 Å². The molecule has 0 unspecified atom stereocenters. The van der Waals surface area contributed by atoms with E-state index in [0.717, 1.165) is 33.7 Å². The van der Waals surface area contributed by atoms with E-state index in [9.17, 15) is 32.0 Å². The Labute approximate surface area is 341 Å². The number of sulfonamides is 1. The molecule has 2 saturated carbocycles. The number of carbonyl (C=O) groups excluding carboxylic acids is 4. The smallest absolute Gasteiger partial charge is 0.410 e. The molecule has 3 N–H and O–H groups in total. The summed E-state index contributed by atoms with van der Waals surface area (Å²) in [5.74, 6) is -2.75. The van der Waals surface area contributed by atoms with Gasteiger partial charge in [0.2, 0.25) is 21.8 Å². The Kier molecular flexibility index (Phi) is 10.8. The first-order chi connectivity index (χ1) is 26.9. The van der Waals surface area contributed by atoms with Crippen LogP contribution in [0.2, 0.25) is 0 Å². The average molecular weight is 918 g/mol. The highest BCUT2D eigenvalue weighted by molar-refractivity contribution is 14.1. The zero-order valence-electron chi connectivity index (χ0n) is 30.3. The summed E-state index contributed by atoms with van der Waals surface area (Å²) in [6, 6.07) is 6.76. The highest BCUT2D eigenvalue weighted by Crippen LogP contribution is 2.46. The van der Waals surface area contributed by atoms with Gasteiger partial charge >= 0.3 is 6.09 Å². The molecule has 5 aliphatic rings. The summed E-state index contributed by atoms with van der Waals surface area (Å²) in [7, 11) is -3.90. The summed E-state index contributed by atoms with van der Waals surface area (Å²) >= 11 is 3.50. The lowest BCUT2D eigenvalue weighted by atomic mass is 10.1. The molecule has 1 saturated heterocycles. The quantitative estimate of drug-likeness (QED) is 0.219. The van der Waals surface area contributed by atoms with Gasteiger partial charge in [-0.25, -0.2) is 22.6 Å². The summed E-state index contributed by atoms with van der Waals surface area (Å²) in [5, 5.41) is 7.70. The summed E-state index contributed by atoms with van der Waals surface area (Å²) in [6.45, 7) is 0.675. The zero-order chi connectivity index (χ0) is 39.2. The molecule has 1 aromatic carbocycles. The number of halogens is 2. The van der Waals surface area contributed by atoms with Crippen molar-refractivity contribution in [2.75, 3.05) is 11.9 Å². The van der Waals surface area contributed by atoms with Gasteiger partial charge < -0.3 is 20.3 Å². The molecule has 3 aromatic rings. The topological polar surface area (TPSA) is 180 Å². The standard InChI is InChI=1S/C38H41FIN7O7S2/c39-24-11-14-29(41-17-24)31-21-55-36(43-31)42-30-10-5-3-1-2-4-8-23-16-38(23,35(50)45-56(52,53)26-12-13-26)44-33(48)32-15-25(19-47(32)34(30)49)54-37(51)46-18-22-7-6-9-28(40)27(22)20-46/h4,6-9,11,14,17,21,23,25-26,30,32H,1-3,5,10,12-13,15-16,18-20H2,(H,42,43)(H,44,48)(H,45,50)/b8-4-/t23-,25-,30+,32+,38-/m1/s1. The molecule has 2 aliphatic carbocycles. The van der Waals surface area contributed by atoms with Crippen molar-refractivity contribution in [1.82, 2.24) is 29.8 Å². The van der Waals surface area contributed by atoms with Gasteiger partial charge in [0.05, 0.1) is 30.2 Å². The van der Waals surface area contributed by atoms with E-state index in [2.05, 4.69) is 47.9 Å². The van der Waals surface area contributed by atoms with Crippen molar-refractivity contribution in [3.05, 3.63) is 74.6 Å². The second kappa shape index (κ2) is 15.6. The monoisotopic (exact) mass is 917 g/mol. The Morgan fingerprint density at radius 1 is 1.07 bits per heavy atom. The SMILES string of the molecule is O=C1N[C@]2(C(=O)NS(=O)(=O)C3CC3)C[C@H]2/C=C\CCCCC[C@H](Nc2nc(-c3ccc(F)cn3)cs2)C(=O)N2C[C@H](OC(=O)N3Cc4cccc(I)c4C3)C[C@@H]12. The summed E-state index contributed by atoms with van der Waals surface area (Å²) < 4.78 is 48.5. The predicted octanol–water partition coefficient (Wildman–Crippen LogP) is 4.85. The summed E-state index contributed by atoms with van der Waals surface area (Å²) in [4.78, 5) is 68.1. The number of fused-ring (bicyclic) bond motifs is 3. The molecule has 3 fully saturated rings. The van der Waals surface area contributed by atoms with Gasteiger partial charge in [0.1, 0.15) is 35.2 Å². The number of amides is 4. The number of benzene rings is 1. The van der Waals surface area contributed by atoms with E-state index < -0.39 is 74.5 Å². The molecule has 14 nitrogen and oxygen atoms in total. The van der Waals surface area contributed by atoms with E-state index in [1.54, 1.807) is 10.3 Å². The Bertz CT molecular complexity index is 2180. The molecule has 0 radical (unpaired) electrons. The molecule has 296 valence electrons. The Morgan fingerprint density at radius 2 is 1.91 bits per heavy atom. The van der Waals surface area contributed by atoms with Crippen molar-refractivity contribution >= 4 is 72.9 Å². The fraction of sp³-hybridized carbons (Fsp3) is 0.474. The van der Waals surface area contributed by atoms with E-state index in [4.69, 9.17) is 4.74 Å². The first kappa shape index (κ1) is 38.7. The second-order valence-corrected chi connectivity index (χ2v) is 19.1. The van der Waals surface area contributed by atoms with Crippen molar-refractivity contribution in [2.45, 2.75) is 99.9 Å². The van der Waals surface area contributed by atoms with Crippen LogP contribution in [0.5, 0.6) is 0 Å². The molecule has 0 spiro atoms. The number of thiazole rings is 1. The van der Waals surface area contributed by atoms with E-state index in [1.165, 1.54) is 28.4 Å². The molecule has 5 heterocycles. The molecule has 5 atom stereocenters. The molecule has 2 aromatic heterocycles. The Balaban J connectivity index is 1.06. The van der Waals surface area contributed by atoms with Gasteiger partial charge in [-0.3, -0.25) is 29.0 Å². The lowest BCUT2D eigenvalue weighted by Gasteiger charge is -2.29. The van der Waals surface area contributed by atoms with Crippen LogP contribution >= 0.6 is 33.9 Å². The number of nitrogens with one attached hydrogen (secondary N) is 3. The number of ether oxygens (including phenoxy) is 1. The number of hydrogen-bond donors (Lipinski definition) is 3. The van der Waals surface area contributed by atoms with Gasteiger partial charge in [0.25, 0.3) is 5.91 Å². The molecule has 4 amide bonds. The van der Waals surface area contributed by atoms with Crippen molar-refractivity contribution in [3.8, 4) is 11.4 Å². The number of rotatable bonds is 7. The molecule has 8 rings (SSSR count). The highest BCUT2D eigenvalue weighted by Gasteiger charge is 2.62. The highest BCUT2D eigenvalue weighted by atomic mass is 127. The van der Waals surface area contributed by atoms with E-state index in [-0.39, 0.29) is 19.4 Å². The van der Waals surface area contributed by atoms with Crippen LogP contribution in [0.3, 0.4) is 0 Å². The minimum atomic E-state index is -3.90. The summed E-state index contributed by atoms with van der Waals surface area (Å²) in [5.41, 5.74) is 1.53. The number of aromatic nitrogens is 2. The predicted molar refractivity (Wildman–Crippen MR) is 213 cm³/mol. The van der Waals surface area contributed by atoms with Crippen LogP contribution in [-0.2, 0) is 42.2 Å². The third-order valence-electron chi connectivity index (χ3n) is 11.1. The second-order valence-electron chi connectivity index (χ2n) is 15.1. The van der Waals surface area contributed by atoms with Crippen LogP contribution in [0.15, 0.2) is 54.1 Å². The molecule has 0 bridgehead atoms. The van der Waals surface area contributed by atoms with Crippen molar-refractivity contribution in [2.24, 2.45) is 5.92 Å². The maximum atomic E-state index is 14.7. The number of anilines is 1. The van der Waals surface area contributed by atoms with E-state index in [0.29, 0.717) is 61.7 Å². The number of carbonyl (C=O) groups is 4. The maximum absolute atomic E-state index is 14.7. The number of allylic oxidation sites excluding steroid dienone is 1. The fourth-order valence-electron chi connectivity index (χ4n) is 7.71. The van der Waals surface area contributed by atoms with Crippen LogP contribution in [0.1, 0.15) is 68.9 Å². The lowest BCUT2D eigenvalue weighted by molar-refractivity contribution is -0.140. The average Bonchev–Trinajstić information content (AvgIpc) is 3.97. The van der Waals surface area contributed by atoms with Crippen molar-refractivity contribution in [1.29, 1.82) is 0 Å². The van der Waals surface area contributed by atoms with Crippen LogP contribution in [0.4, 0.5) is 14.3 Å². The summed E-state index contributed by atoms with van der Waals surface area (Å²) in [6.07, 6.45) is 8.05. The van der Waals surface area contributed by atoms with Crippen molar-refractivity contribution < 1.29 is 36.7 Å². The minimum absolute atomic E-state index is 0.0232. The first-order valence-electron chi connectivity index (χ1n) is 18.8. The number of hydrogen-bond acceptors (Lipinski definition) is 11. The minimum Gasteiger partial charge on any atom is -0.444 e. The third-order valence-corrected chi connectivity index (χ3v) is 14.7. The Morgan fingerprint density at radius 3 is 2.68 bits per heavy atom. The van der Waals surface area contributed by atoms with Crippen LogP contribution in [-0.4, -0.2) is 87.5 Å². The van der Waals surface area contributed by atoms with Gasteiger partial charge in [-0.1, -0.05) is 37.1 Å². The van der Waals surface area contributed by atoms with Gasteiger partial charge in [0, 0.05) is 27.8 Å². The van der Waals surface area contributed by atoms with E-state index in [1.807, 2.05) is 30.4 Å². The fourth-order valence-corrected chi connectivity index (χ4v) is 10.6. The number of pyridine rings is 1. The van der Waals surface area contributed by atoms with Gasteiger partial charge in [0.15, 0.2) is 5.13 Å². The molecular formula is C38H41FIN7O7S2. The molecular weight excluding hydrogens is 876 g/mol. The molecule has 18 heteroatoms. The van der Waals surface area contributed by atoms with E-state index >= 15 is 0 Å². The Hall–Kier alpha value is -4.17. The first-order valence-corrected chi connectivity index (χ1v) is 22.3. The normalized spacial score (nSPS) is 27.2. The largest absolute Gasteiger partial charge is 0.444 e. The zero-order valence-corrected chi connectivity index (χ0v) is 34.1. The third kappa shape index (κ3) is 8.14. The van der Waals surface area contributed by atoms with Crippen LogP contribution in [0.25, 0.3) is 11.4 Å². The van der Waals surface area contributed by atoms with Crippen molar-refractivity contribution in [3.63, 3.8) is 0 Å². The molecule has 3 aliphatic heterocycles. The van der Waals surface area contributed by atoms with Gasteiger partial charge in [-0.15, -0.1) is 11.3 Å². The molecule has 56 heavy (non-hydrogen) atoms.